The molecule has 0 aliphatic carbocycles. The summed E-state index contributed by atoms with van der Waals surface area (Å²) in [4.78, 5) is 0.314. The highest BCUT2D eigenvalue weighted by Gasteiger charge is 2.29. The van der Waals surface area contributed by atoms with E-state index in [9.17, 15) is 8.42 Å². The molecule has 4 rings (SSSR count). The maximum atomic E-state index is 13.0. The van der Waals surface area contributed by atoms with Gasteiger partial charge in [-0.3, -0.25) is 0 Å². The lowest BCUT2D eigenvalue weighted by Crippen LogP contribution is -2.37. The molecule has 1 aliphatic rings. The van der Waals surface area contributed by atoms with Gasteiger partial charge in [-0.1, -0.05) is 72.8 Å². The Kier molecular flexibility index (Phi) is 5.85. The largest absolute Gasteiger partial charge is 0.240 e. The van der Waals surface area contributed by atoms with Crippen LogP contribution >= 0.6 is 11.8 Å². The monoisotopic (exact) mass is 409 g/mol. The van der Waals surface area contributed by atoms with Crippen LogP contribution in [-0.4, -0.2) is 25.5 Å². The number of nitrogens with one attached hydrogen (secondary N) is 1. The molecule has 0 bridgehead atoms. The van der Waals surface area contributed by atoms with Gasteiger partial charge in [-0.25, -0.2) is 13.1 Å². The van der Waals surface area contributed by atoms with Gasteiger partial charge in [0.05, 0.1) is 4.90 Å². The topological polar surface area (TPSA) is 46.2 Å². The smallest absolute Gasteiger partial charge is 0.208 e. The average Bonchev–Trinajstić information content (AvgIpc) is 3.53. The van der Waals surface area contributed by atoms with Crippen LogP contribution in [0.3, 0.4) is 0 Å². The fourth-order valence-corrected chi connectivity index (χ4v) is 5.23. The number of hydrogen-bond acceptors (Lipinski definition) is 3. The van der Waals surface area contributed by atoms with Gasteiger partial charge >= 0.3 is 0 Å². The quantitative estimate of drug-likeness (QED) is 0.546. The van der Waals surface area contributed by atoms with Crippen molar-refractivity contribution in [3.8, 4) is 11.1 Å². The Morgan fingerprint density at radius 3 is 2.04 bits per heavy atom. The van der Waals surface area contributed by atoms with Crippen molar-refractivity contribution >= 4 is 21.8 Å². The van der Waals surface area contributed by atoms with Crippen molar-refractivity contribution in [1.82, 2.24) is 4.72 Å². The molecule has 0 spiro atoms. The van der Waals surface area contributed by atoms with Crippen LogP contribution in [0.15, 0.2) is 89.8 Å². The van der Waals surface area contributed by atoms with Crippen LogP contribution in [-0.2, 0) is 16.4 Å². The zero-order valence-electron chi connectivity index (χ0n) is 15.5. The third-order valence-corrected chi connectivity index (χ3v) is 7.40. The van der Waals surface area contributed by atoms with Gasteiger partial charge in [-0.05, 0) is 41.7 Å². The van der Waals surface area contributed by atoms with Gasteiger partial charge in [-0.15, -0.1) is 0 Å². The molecule has 5 heteroatoms. The zero-order chi connectivity index (χ0) is 19.4. The Morgan fingerprint density at radius 1 is 0.857 bits per heavy atom. The lowest BCUT2D eigenvalue weighted by atomic mass is 10.0. The molecule has 3 nitrogen and oxygen atoms in total. The fraction of sp³-hybridized carbons (Fsp3) is 0.217. The first-order valence-electron chi connectivity index (χ1n) is 9.43. The molecule has 1 aliphatic heterocycles. The molecule has 3 aromatic rings. The van der Waals surface area contributed by atoms with Crippen molar-refractivity contribution in [3.05, 3.63) is 90.5 Å². The van der Waals surface area contributed by atoms with Gasteiger partial charge in [0.2, 0.25) is 10.0 Å². The summed E-state index contributed by atoms with van der Waals surface area (Å²) in [6, 6.07) is 27.1. The van der Waals surface area contributed by atoms with Crippen LogP contribution in [0.1, 0.15) is 12.0 Å². The minimum atomic E-state index is -3.56. The van der Waals surface area contributed by atoms with E-state index >= 15 is 0 Å². The van der Waals surface area contributed by atoms with E-state index in [1.54, 1.807) is 12.1 Å². The third-order valence-electron chi connectivity index (χ3n) is 4.87. The van der Waals surface area contributed by atoms with Gasteiger partial charge in [0.1, 0.15) is 0 Å². The predicted octanol–water partition coefficient (Wildman–Crippen LogP) is 4.75. The zero-order valence-corrected chi connectivity index (χ0v) is 17.1. The van der Waals surface area contributed by atoms with Crippen molar-refractivity contribution < 1.29 is 8.42 Å². The highest BCUT2D eigenvalue weighted by Crippen LogP contribution is 2.34. The maximum absolute atomic E-state index is 13.0. The highest BCUT2D eigenvalue weighted by atomic mass is 32.2. The first kappa shape index (κ1) is 19.2. The summed E-state index contributed by atoms with van der Waals surface area (Å²) in [5.74, 6) is 1.12. The summed E-state index contributed by atoms with van der Waals surface area (Å²) < 4.78 is 28.9. The van der Waals surface area contributed by atoms with Gasteiger partial charge < -0.3 is 0 Å². The number of sulfonamides is 1. The van der Waals surface area contributed by atoms with E-state index in [0.717, 1.165) is 28.9 Å². The third kappa shape index (κ3) is 5.04. The van der Waals surface area contributed by atoms with Crippen LogP contribution in [0.5, 0.6) is 0 Å². The Morgan fingerprint density at radius 2 is 1.43 bits per heavy atom. The molecule has 1 fully saturated rings. The van der Waals surface area contributed by atoms with Crippen molar-refractivity contribution in [2.75, 3.05) is 5.75 Å². The number of benzene rings is 3. The van der Waals surface area contributed by atoms with E-state index in [-0.39, 0.29) is 6.04 Å². The van der Waals surface area contributed by atoms with Crippen molar-refractivity contribution in [2.45, 2.75) is 29.0 Å². The lowest BCUT2D eigenvalue weighted by molar-refractivity contribution is 0.530. The average molecular weight is 410 g/mol. The van der Waals surface area contributed by atoms with Crippen molar-refractivity contribution in [3.63, 3.8) is 0 Å². The van der Waals surface area contributed by atoms with Crippen molar-refractivity contribution in [2.24, 2.45) is 0 Å². The lowest BCUT2D eigenvalue weighted by Gasteiger charge is -2.19. The van der Waals surface area contributed by atoms with Gasteiger partial charge in [-0.2, -0.15) is 11.8 Å². The molecular weight excluding hydrogens is 386 g/mol. The molecule has 0 aromatic heterocycles. The minimum Gasteiger partial charge on any atom is -0.208 e. The molecule has 2 atom stereocenters. The van der Waals surface area contributed by atoms with Crippen LogP contribution in [0.25, 0.3) is 11.1 Å². The minimum absolute atomic E-state index is 0.0961. The van der Waals surface area contributed by atoms with Crippen LogP contribution in [0, 0.1) is 0 Å². The van der Waals surface area contributed by atoms with E-state index in [1.165, 1.54) is 0 Å². The molecule has 0 saturated carbocycles. The molecule has 28 heavy (non-hydrogen) atoms. The standard InChI is InChI=1S/C23H23NO2S2/c25-28(26,23-13-11-20(12-14-23)19-9-5-2-6-10-19)24-21(16-22-17-27-22)15-18-7-3-1-4-8-18/h1-14,21-22,24H,15-17H2/t21-,22?/m1/s1. The number of rotatable bonds is 8. The van der Waals surface area contributed by atoms with Crippen molar-refractivity contribution in [1.29, 1.82) is 0 Å². The van der Waals surface area contributed by atoms with E-state index < -0.39 is 10.0 Å². The fourth-order valence-electron chi connectivity index (χ4n) is 3.34. The molecule has 0 radical (unpaired) electrons. The summed E-state index contributed by atoms with van der Waals surface area (Å²) in [5, 5.41) is 0.567. The predicted molar refractivity (Wildman–Crippen MR) is 117 cm³/mol. The molecule has 3 aromatic carbocycles. The normalized spacial score (nSPS) is 17.2. The van der Waals surface area contributed by atoms with E-state index in [1.807, 2.05) is 72.4 Å². The molecular formula is C23H23NO2S2. The summed E-state index contributed by atoms with van der Waals surface area (Å²) in [6.45, 7) is 0. The first-order chi connectivity index (χ1) is 13.6. The molecule has 1 unspecified atom stereocenters. The number of thioether (sulfide) groups is 1. The molecule has 0 amide bonds. The molecule has 1 saturated heterocycles. The summed E-state index contributed by atoms with van der Waals surface area (Å²) >= 11 is 1.89. The van der Waals surface area contributed by atoms with Gasteiger partial charge in [0.25, 0.3) is 0 Å². The Bertz CT molecular complexity index is 999. The second-order valence-corrected chi connectivity index (χ2v) is 10.1. The molecule has 1 heterocycles. The maximum Gasteiger partial charge on any atom is 0.240 e. The van der Waals surface area contributed by atoms with E-state index in [0.29, 0.717) is 16.6 Å². The molecule has 1 N–H and O–H groups in total. The number of hydrogen-bond donors (Lipinski definition) is 1. The second-order valence-electron chi connectivity index (χ2n) is 7.09. The van der Waals surface area contributed by atoms with E-state index in [2.05, 4.69) is 16.9 Å². The summed E-state index contributed by atoms with van der Waals surface area (Å²) in [7, 11) is -3.56. The van der Waals surface area contributed by atoms with E-state index in [4.69, 9.17) is 0 Å². The second kappa shape index (κ2) is 8.52. The summed E-state index contributed by atoms with van der Waals surface area (Å²) in [5.41, 5.74) is 3.24. The van der Waals surface area contributed by atoms with Crippen LogP contribution < -0.4 is 4.72 Å². The summed E-state index contributed by atoms with van der Waals surface area (Å²) in [6.07, 6.45) is 1.57. The van der Waals surface area contributed by atoms with Crippen LogP contribution in [0.2, 0.25) is 0 Å². The first-order valence-corrected chi connectivity index (χ1v) is 12.0. The molecule has 144 valence electrons. The SMILES string of the molecule is O=S(=O)(N[C@H](Cc1ccccc1)CC1CS1)c1ccc(-c2ccccc2)cc1. The Labute approximate surface area is 171 Å². The Hall–Kier alpha value is -2.08. The van der Waals surface area contributed by atoms with Gasteiger partial charge in [0, 0.05) is 17.0 Å². The van der Waals surface area contributed by atoms with Crippen LogP contribution in [0.4, 0.5) is 0 Å². The highest BCUT2D eigenvalue weighted by molar-refractivity contribution is 8.06. The Balaban J connectivity index is 1.50. The van der Waals surface area contributed by atoms with Gasteiger partial charge in [0.15, 0.2) is 0 Å².